The average Bonchev–Trinajstić information content (AvgIpc) is 2.82. The summed E-state index contributed by atoms with van der Waals surface area (Å²) >= 11 is 0. The number of phenolic OH excluding ortho intramolecular Hbond substituents is 1. The van der Waals surface area contributed by atoms with Crippen molar-refractivity contribution < 1.29 is 15.0 Å². The van der Waals surface area contributed by atoms with Crippen molar-refractivity contribution in [1.82, 2.24) is 4.90 Å². The molecule has 2 N–H and O–H groups in total. The van der Waals surface area contributed by atoms with Crippen LogP contribution in [0.25, 0.3) is 0 Å². The van der Waals surface area contributed by atoms with Gasteiger partial charge in [-0.05, 0) is 43.5 Å². The Morgan fingerprint density at radius 3 is 2.67 bits per heavy atom. The zero-order chi connectivity index (χ0) is 13.1. The van der Waals surface area contributed by atoms with Crippen LogP contribution in [0.5, 0.6) is 5.75 Å². The molecule has 0 bridgehead atoms. The van der Waals surface area contributed by atoms with Crippen LogP contribution in [0.1, 0.15) is 37.8 Å². The largest absolute Gasteiger partial charge is 0.508 e. The van der Waals surface area contributed by atoms with Crippen LogP contribution in [0.2, 0.25) is 0 Å². The molecule has 1 fully saturated rings. The van der Waals surface area contributed by atoms with E-state index in [0.29, 0.717) is 0 Å². The summed E-state index contributed by atoms with van der Waals surface area (Å²) in [5, 5.41) is 18.5. The minimum Gasteiger partial charge on any atom is -0.508 e. The van der Waals surface area contributed by atoms with Crippen molar-refractivity contribution in [2.45, 2.75) is 38.3 Å². The van der Waals surface area contributed by atoms with Gasteiger partial charge in [-0.3, -0.25) is 9.69 Å². The van der Waals surface area contributed by atoms with Crippen molar-refractivity contribution in [3.05, 3.63) is 29.8 Å². The van der Waals surface area contributed by atoms with Crippen LogP contribution in [0.4, 0.5) is 0 Å². The molecule has 0 aliphatic carbocycles. The molecule has 1 heterocycles. The lowest BCUT2D eigenvalue weighted by molar-refractivity contribution is -0.143. The highest BCUT2D eigenvalue weighted by atomic mass is 16.4. The maximum absolute atomic E-state index is 11.2. The molecule has 2 atom stereocenters. The zero-order valence-corrected chi connectivity index (χ0v) is 10.5. The Labute approximate surface area is 107 Å². The van der Waals surface area contributed by atoms with E-state index in [0.717, 1.165) is 31.4 Å². The Bertz CT molecular complexity index is 416. The summed E-state index contributed by atoms with van der Waals surface area (Å²) in [7, 11) is 0. The van der Waals surface area contributed by atoms with Gasteiger partial charge in [0.25, 0.3) is 0 Å². The second kappa shape index (κ2) is 5.40. The third-order valence-electron chi connectivity index (χ3n) is 3.64. The van der Waals surface area contributed by atoms with E-state index in [1.165, 1.54) is 0 Å². The van der Waals surface area contributed by atoms with E-state index in [1.54, 1.807) is 12.1 Å². The molecule has 2 unspecified atom stereocenters. The molecule has 1 aliphatic heterocycles. The monoisotopic (exact) mass is 249 g/mol. The summed E-state index contributed by atoms with van der Waals surface area (Å²) < 4.78 is 0. The normalized spacial score (nSPS) is 21.9. The predicted octanol–water partition coefficient (Wildman–Crippen LogP) is 2.39. The standard InChI is InChI=1S/C14H19NO3/c1-2-12(10-5-7-11(16)8-6-10)15-9-3-4-13(15)14(17)18/h5-8,12-13,16H,2-4,9H2,1H3,(H,17,18). The number of phenols is 1. The summed E-state index contributed by atoms with van der Waals surface area (Å²) in [5.41, 5.74) is 1.07. The van der Waals surface area contributed by atoms with Crippen LogP contribution in [-0.2, 0) is 4.79 Å². The highest BCUT2D eigenvalue weighted by Gasteiger charge is 2.35. The third-order valence-corrected chi connectivity index (χ3v) is 3.64. The summed E-state index contributed by atoms with van der Waals surface area (Å²) in [6.07, 6.45) is 2.53. The molecule has 4 nitrogen and oxygen atoms in total. The Kier molecular flexibility index (Phi) is 3.87. The molecule has 4 heteroatoms. The number of aromatic hydroxyl groups is 1. The molecule has 1 saturated heterocycles. The van der Waals surface area contributed by atoms with Crippen molar-refractivity contribution >= 4 is 5.97 Å². The first kappa shape index (κ1) is 12.9. The van der Waals surface area contributed by atoms with Gasteiger partial charge in [0, 0.05) is 6.04 Å². The van der Waals surface area contributed by atoms with Gasteiger partial charge in [-0.2, -0.15) is 0 Å². The second-order valence-electron chi connectivity index (χ2n) is 4.75. The van der Waals surface area contributed by atoms with Crippen molar-refractivity contribution in [2.75, 3.05) is 6.54 Å². The van der Waals surface area contributed by atoms with Gasteiger partial charge >= 0.3 is 5.97 Å². The van der Waals surface area contributed by atoms with Gasteiger partial charge in [0.1, 0.15) is 11.8 Å². The average molecular weight is 249 g/mol. The molecule has 1 aromatic carbocycles. The minimum absolute atomic E-state index is 0.120. The number of carboxylic acid groups (broad SMARTS) is 1. The van der Waals surface area contributed by atoms with Gasteiger partial charge in [0.2, 0.25) is 0 Å². The fourth-order valence-electron chi connectivity index (χ4n) is 2.79. The molecular weight excluding hydrogens is 230 g/mol. The first-order valence-corrected chi connectivity index (χ1v) is 6.41. The van der Waals surface area contributed by atoms with Gasteiger partial charge < -0.3 is 10.2 Å². The highest BCUT2D eigenvalue weighted by molar-refractivity contribution is 5.73. The summed E-state index contributed by atoms with van der Waals surface area (Å²) in [4.78, 5) is 13.3. The molecule has 1 aliphatic rings. The Hall–Kier alpha value is -1.55. The molecule has 0 spiro atoms. The summed E-state index contributed by atoms with van der Waals surface area (Å²) in [6.45, 7) is 2.89. The van der Waals surface area contributed by atoms with E-state index in [2.05, 4.69) is 11.8 Å². The molecule has 2 rings (SSSR count). The Balaban J connectivity index is 2.22. The van der Waals surface area contributed by atoms with Crippen molar-refractivity contribution in [1.29, 1.82) is 0 Å². The van der Waals surface area contributed by atoms with Gasteiger partial charge in [0.15, 0.2) is 0 Å². The molecular formula is C14H19NO3. The van der Waals surface area contributed by atoms with Gasteiger partial charge in [-0.25, -0.2) is 0 Å². The van der Waals surface area contributed by atoms with Crippen LogP contribution in [0.15, 0.2) is 24.3 Å². The van der Waals surface area contributed by atoms with Crippen molar-refractivity contribution in [3.63, 3.8) is 0 Å². The number of hydrogen-bond donors (Lipinski definition) is 2. The minimum atomic E-state index is -0.732. The molecule has 18 heavy (non-hydrogen) atoms. The van der Waals surface area contributed by atoms with E-state index in [-0.39, 0.29) is 17.8 Å². The summed E-state index contributed by atoms with van der Waals surface area (Å²) in [5.74, 6) is -0.491. The third kappa shape index (κ3) is 2.48. The van der Waals surface area contributed by atoms with E-state index in [1.807, 2.05) is 12.1 Å². The lowest BCUT2D eigenvalue weighted by Gasteiger charge is -2.30. The van der Waals surface area contributed by atoms with Crippen LogP contribution in [-0.4, -0.2) is 33.7 Å². The second-order valence-corrected chi connectivity index (χ2v) is 4.75. The van der Waals surface area contributed by atoms with Crippen LogP contribution in [0, 0.1) is 0 Å². The van der Waals surface area contributed by atoms with Gasteiger partial charge in [-0.1, -0.05) is 19.1 Å². The number of carboxylic acids is 1. The number of carbonyl (C=O) groups is 1. The molecule has 98 valence electrons. The molecule has 0 radical (unpaired) electrons. The number of nitrogens with zero attached hydrogens (tertiary/aromatic N) is 1. The maximum Gasteiger partial charge on any atom is 0.320 e. The van der Waals surface area contributed by atoms with Gasteiger partial charge in [-0.15, -0.1) is 0 Å². The first-order valence-electron chi connectivity index (χ1n) is 6.41. The summed E-state index contributed by atoms with van der Waals surface area (Å²) in [6, 6.07) is 6.81. The number of benzene rings is 1. The van der Waals surface area contributed by atoms with E-state index in [9.17, 15) is 15.0 Å². The zero-order valence-electron chi connectivity index (χ0n) is 10.5. The number of likely N-dealkylation sites (tertiary alicyclic amines) is 1. The first-order chi connectivity index (χ1) is 8.63. The number of hydrogen-bond acceptors (Lipinski definition) is 3. The van der Waals surface area contributed by atoms with Crippen LogP contribution < -0.4 is 0 Å². The Morgan fingerprint density at radius 1 is 1.44 bits per heavy atom. The lowest BCUT2D eigenvalue weighted by atomic mass is 10.0. The SMILES string of the molecule is CCC(c1ccc(O)cc1)N1CCCC1C(=O)O. The predicted molar refractivity (Wildman–Crippen MR) is 68.5 cm³/mol. The van der Waals surface area contributed by atoms with Gasteiger partial charge in [0.05, 0.1) is 0 Å². The van der Waals surface area contributed by atoms with E-state index < -0.39 is 5.97 Å². The van der Waals surface area contributed by atoms with Crippen molar-refractivity contribution in [2.24, 2.45) is 0 Å². The fourth-order valence-corrected chi connectivity index (χ4v) is 2.79. The topological polar surface area (TPSA) is 60.8 Å². The van der Waals surface area contributed by atoms with Crippen LogP contribution >= 0.6 is 0 Å². The molecule has 0 aromatic heterocycles. The number of rotatable bonds is 4. The molecule has 0 amide bonds. The Morgan fingerprint density at radius 2 is 2.11 bits per heavy atom. The maximum atomic E-state index is 11.2. The lowest BCUT2D eigenvalue weighted by Crippen LogP contribution is -2.38. The van der Waals surface area contributed by atoms with E-state index >= 15 is 0 Å². The quantitative estimate of drug-likeness (QED) is 0.860. The highest BCUT2D eigenvalue weighted by Crippen LogP contribution is 2.32. The smallest absolute Gasteiger partial charge is 0.320 e. The van der Waals surface area contributed by atoms with Crippen LogP contribution in [0.3, 0.4) is 0 Å². The molecule has 0 saturated carbocycles. The fraction of sp³-hybridized carbons (Fsp3) is 0.500. The van der Waals surface area contributed by atoms with Crippen molar-refractivity contribution in [3.8, 4) is 5.75 Å². The molecule has 1 aromatic rings. The number of aliphatic carboxylic acids is 1. The van der Waals surface area contributed by atoms with E-state index in [4.69, 9.17) is 0 Å².